The van der Waals surface area contributed by atoms with Crippen molar-refractivity contribution >= 4 is 22.4 Å². The minimum Gasteiger partial charge on any atom is -0.497 e. The Kier molecular flexibility index (Phi) is 3.02. The molecule has 3 aromatic rings. The highest BCUT2D eigenvalue weighted by atomic mass is 35.5. The molecule has 0 saturated carbocycles. The number of hydrogen-bond donors (Lipinski definition) is 0. The normalized spacial score (nSPS) is 12.1. The third-order valence-electron chi connectivity index (χ3n) is 4.36. The maximum Gasteiger partial charge on any atom is 0.119 e. The zero-order valence-electron chi connectivity index (χ0n) is 12.4. The van der Waals surface area contributed by atoms with E-state index in [1.165, 1.54) is 22.3 Å². The van der Waals surface area contributed by atoms with E-state index in [2.05, 4.69) is 24.3 Å². The van der Waals surface area contributed by atoms with Crippen LogP contribution in [0.1, 0.15) is 11.1 Å². The summed E-state index contributed by atoms with van der Waals surface area (Å²) in [4.78, 5) is 0. The molecule has 0 bridgehead atoms. The van der Waals surface area contributed by atoms with Gasteiger partial charge in [-0.2, -0.15) is 0 Å². The van der Waals surface area contributed by atoms with Crippen LogP contribution in [0.2, 0.25) is 5.02 Å². The van der Waals surface area contributed by atoms with Crippen LogP contribution in [0.4, 0.5) is 0 Å². The Hall–Kier alpha value is -2.19. The smallest absolute Gasteiger partial charge is 0.119 e. The third-order valence-corrected chi connectivity index (χ3v) is 4.79. The van der Waals surface area contributed by atoms with Crippen molar-refractivity contribution in [2.75, 3.05) is 14.2 Å². The summed E-state index contributed by atoms with van der Waals surface area (Å²) >= 11 is 6.69. The number of benzene rings is 3. The fraction of sp³-hybridized carbons (Fsp3) is 0.158. The van der Waals surface area contributed by atoms with E-state index in [4.69, 9.17) is 21.1 Å². The standard InChI is InChI=1S/C19H15ClO2/c1-21-13-5-6-15-12(7-13)9-18-17(15)8-11-3-4-14(22-2)10-16(11)19(18)20/h3-8,10H,9H2,1-2H3. The van der Waals surface area contributed by atoms with E-state index in [0.717, 1.165) is 33.7 Å². The molecule has 0 spiro atoms. The number of fused-ring (bicyclic) bond motifs is 4. The van der Waals surface area contributed by atoms with Crippen LogP contribution in [0.3, 0.4) is 0 Å². The predicted molar refractivity (Wildman–Crippen MR) is 90.3 cm³/mol. The first-order valence-corrected chi connectivity index (χ1v) is 7.55. The predicted octanol–water partition coefficient (Wildman–Crippen LogP) is 5.08. The molecule has 3 aromatic carbocycles. The Morgan fingerprint density at radius 1 is 0.864 bits per heavy atom. The molecule has 1 aliphatic rings. The van der Waals surface area contributed by atoms with Crippen LogP contribution in [0, 0.1) is 0 Å². The molecule has 0 aromatic heterocycles. The maximum absolute atomic E-state index is 6.69. The second-order valence-corrected chi connectivity index (χ2v) is 5.88. The zero-order chi connectivity index (χ0) is 15.3. The quantitative estimate of drug-likeness (QED) is 0.514. The molecule has 0 amide bonds. The topological polar surface area (TPSA) is 18.5 Å². The summed E-state index contributed by atoms with van der Waals surface area (Å²) in [7, 11) is 3.36. The summed E-state index contributed by atoms with van der Waals surface area (Å²) in [6, 6.07) is 14.5. The number of methoxy groups -OCH3 is 2. The first kappa shape index (κ1) is 13.5. The molecule has 0 fully saturated rings. The lowest BCUT2D eigenvalue weighted by molar-refractivity contribution is 0.414. The average Bonchev–Trinajstić information content (AvgIpc) is 2.92. The monoisotopic (exact) mass is 310 g/mol. The van der Waals surface area contributed by atoms with Crippen molar-refractivity contribution in [1.29, 1.82) is 0 Å². The lowest BCUT2D eigenvalue weighted by atomic mass is 10.00. The van der Waals surface area contributed by atoms with Crippen LogP contribution in [0.15, 0.2) is 42.5 Å². The summed E-state index contributed by atoms with van der Waals surface area (Å²) in [6.45, 7) is 0. The van der Waals surface area contributed by atoms with E-state index < -0.39 is 0 Å². The second kappa shape index (κ2) is 4.92. The van der Waals surface area contributed by atoms with Crippen LogP contribution < -0.4 is 9.47 Å². The van der Waals surface area contributed by atoms with Gasteiger partial charge in [0.15, 0.2) is 0 Å². The molecular weight excluding hydrogens is 296 g/mol. The fourth-order valence-electron chi connectivity index (χ4n) is 3.21. The van der Waals surface area contributed by atoms with E-state index in [1.807, 2.05) is 18.2 Å². The van der Waals surface area contributed by atoms with Crippen molar-refractivity contribution in [2.24, 2.45) is 0 Å². The van der Waals surface area contributed by atoms with Gasteiger partial charge < -0.3 is 9.47 Å². The van der Waals surface area contributed by atoms with Crippen molar-refractivity contribution in [3.05, 3.63) is 58.6 Å². The summed E-state index contributed by atoms with van der Waals surface area (Å²) < 4.78 is 10.6. The largest absolute Gasteiger partial charge is 0.497 e. The van der Waals surface area contributed by atoms with Crippen LogP contribution >= 0.6 is 11.6 Å². The molecule has 0 radical (unpaired) electrons. The number of halogens is 1. The molecular formula is C19H15ClO2. The van der Waals surface area contributed by atoms with Crippen molar-refractivity contribution < 1.29 is 9.47 Å². The van der Waals surface area contributed by atoms with E-state index in [1.54, 1.807) is 14.2 Å². The average molecular weight is 311 g/mol. The first-order valence-electron chi connectivity index (χ1n) is 7.17. The molecule has 0 heterocycles. The maximum atomic E-state index is 6.69. The number of rotatable bonds is 2. The summed E-state index contributed by atoms with van der Waals surface area (Å²) in [5.41, 5.74) is 4.92. The number of ether oxygens (including phenoxy) is 2. The minimum absolute atomic E-state index is 0.821. The molecule has 110 valence electrons. The van der Waals surface area contributed by atoms with Crippen molar-refractivity contribution in [3.63, 3.8) is 0 Å². The lowest BCUT2D eigenvalue weighted by Gasteiger charge is -2.09. The van der Waals surface area contributed by atoms with E-state index >= 15 is 0 Å². The van der Waals surface area contributed by atoms with E-state index in [-0.39, 0.29) is 0 Å². The van der Waals surface area contributed by atoms with Gasteiger partial charge in [-0.05, 0) is 58.0 Å². The Labute approximate surface area is 134 Å². The molecule has 0 unspecified atom stereocenters. The first-order chi connectivity index (χ1) is 10.7. The third kappa shape index (κ3) is 1.87. The van der Waals surface area contributed by atoms with Gasteiger partial charge in [-0.1, -0.05) is 23.7 Å². The van der Waals surface area contributed by atoms with Crippen LogP contribution in [0.5, 0.6) is 11.5 Å². The summed E-state index contributed by atoms with van der Waals surface area (Å²) in [5, 5.41) is 2.99. The van der Waals surface area contributed by atoms with Gasteiger partial charge in [-0.3, -0.25) is 0 Å². The van der Waals surface area contributed by atoms with Gasteiger partial charge in [0.1, 0.15) is 11.5 Å². The van der Waals surface area contributed by atoms with Gasteiger partial charge in [0, 0.05) is 11.8 Å². The van der Waals surface area contributed by atoms with Crippen molar-refractivity contribution in [1.82, 2.24) is 0 Å². The van der Waals surface area contributed by atoms with Crippen LogP contribution in [0.25, 0.3) is 21.9 Å². The molecule has 0 aliphatic heterocycles. The van der Waals surface area contributed by atoms with Gasteiger partial charge in [-0.15, -0.1) is 0 Å². The molecule has 2 nitrogen and oxygen atoms in total. The van der Waals surface area contributed by atoms with Crippen LogP contribution in [-0.2, 0) is 6.42 Å². The van der Waals surface area contributed by atoms with Gasteiger partial charge in [0.25, 0.3) is 0 Å². The summed E-state index contributed by atoms with van der Waals surface area (Å²) in [5.74, 6) is 1.71. The lowest BCUT2D eigenvalue weighted by Crippen LogP contribution is -1.87. The zero-order valence-corrected chi connectivity index (χ0v) is 13.2. The molecule has 0 saturated heterocycles. The Morgan fingerprint density at radius 3 is 2.36 bits per heavy atom. The van der Waals surface area contributed by atoms with Gasteiger partial charge in [0.05, 0.1) is 19.2 Å². The molecule has 0 N–H and O–H groups in total. The Balaban J connectivity index is 1.96. The van der Waals surface area contributed by atoms with Crippen molar-refractivity contribution in [2.45, 2.75) is 6.42 Å². The molecule has 3 heteroatoms. The number of hydrogen-bond acceptors (Lipinski definition) is 2. The van der Waals surface area contributed by atoms with E-state index in [0.29, 0.717) is 0 Å². The highest BCUT2D eigenvalue weighted by Gasteiger charge is 2.23. The second-order valence-electron chi connectivity index (χ2n) is 5.50. The molecule has 22 heavy (non-hydrogen) atoms. The fourth-order valence-corrected chi connectivity index (χ4v) is 3.54. The van der Waals surface area contributed by atoms with Gasteiger partial charge >= 0.3 is 0 Å². The molecule has 0 atom stereocenters. The Bertz CT molecular complexity index is 900. The highest BCUT2D eigenvalue weighted by molar-refractivity contribution is 6.37. The van der Waals surface area contributed by atoms with Crippen LogP contribution in [-0.4, -0.2) is 14.2 Å². The minimum atomic E-state index is 0.821. The molecule has 1 aliphatic carbocycles. The van der Waals surface area contributed by atoms with E-state index in [9.17, 15) is 0 Å². The SMILES string of the molecule is COc1ccc2c(c1)Cc1c-2cc2ccc(OC)cc2c1Cl. The molecule has 4 rings (SSSR count). The van der Waals surface area contributed by atoms with Gasteiger partial charge in [0.2, 0.25) is 0 Å². The van der Waals surface area contributed by atoms with Gasteiger partial charge in [-0.25, -0.2) is 0 Å². The highest BCUT2D eigenvalue weighted by Crippen LogP contribution is 2.45. The Morgan fingerprint density at radius 2 is 1.59 bits per heavy atom. The summed E-state index contributed by atoms with van der Waals surface area (Å²) in [6.07, 6.45) is 0.841. The van der Waals surface area contributed by atoms with Crippen molar-refractivity contribution in [3.8, 4) is 22.6 Å².